The van der Waals surface area contributed by atoms with Gasteiger partial charge in [0.05, 0.1) is 63.8 Å². The van der Waals surface area contributed by atoms with Crippen LogP contribution < -0.4 is 34.1 Å². The molecule has 1 atom stereocenters. The van der Waals surface area contributed by atoms with E-state index in [0.717, 1.165) is 4.57 Å². The van der Waals surface area contributed by atoms with Crippen LogP contribution in [0.2, 0.25) is 0 Å². The van der Waals surface area contributed by atoms with Gasteiger partial charge in [0, 0.05) is 19.6 Å². The van der Waals surface area contributed by atoms with Crippen molar-refractivity contribution in [3.05, 3.63) is 62.9 Å². The van der Waals surface area contributed by atoms with Gasteiger partial charge >= 0.3 is 52.0 Å². The van der Waals surface area contributed by atoms with Crippen molar-refractivity contribution in [3.63, 3.8) is 0 Å². The van der Waals surface area contributed by atoms with Crippen LogP contribution in [0.4, 0.5) is 0 Å². The highest BCUT2D eigenvalue weighted by Crippen LogP contribution is 2.08. The highest BCUT2D eigenvalue weighted by atomic mass is 16.6. The lowest BCUT2D eigenvalue weighted by molar-refractivity contribution is -0.155. The summed E-state index contributed by atoms with van der Waals surface area (Å²) in [5.41, 5.74) is -7.91. The maximum Gasteiger partial charge on any atom is 0.336 e. The Labute approximate surface area is 302 Å². The first kappa shape index (κ1) is 44.3. The third-order valence-electron chi connectivity index (χ3n) is 7.05. The van der Waals surface area contributed by atoms with Gasteiger partial charge in [-0.1, -0.05) is 0 Å². The van der Waals surface area contributed by atoms with Crippen LogP contribution in [0.5, 0.6) is 0 Å². The molecule has 0 aliphatic heterocycles. The number of ether oxygens (including phenoxy) is 4. The van der Waals surface area contributed by atoms with Gasteiger partial charge in [0.2, 0.25) is 0 Å². The average molecular weight is 759 g/mol. The number of rotatable bonds is 19. The zero-order valence-corrected chi connectivity index (χ0v) is 31.2. The summed E-state index contributed by atoms with van der Waals surface area (Å²) in [5.74, 6) is -2.57. The Morgan fingerprint density at radius 3 is 1.28 bits per heavy atom. The summed E-state index contributed by atoms with van der Waals surface area (Å²) < 4.78 is 24.6. The van der Waals surface area contributed by atoms with Gasteiger partial charge in [0.15, 0.2) is 0 Å². The molecule has 0 amide bonds. The molecule has 298 valence electrons. The maximum atomic E-state index is 13.3. The smallest absolute Gasteiger partial charge is 0.336 e. The van der Waals surface area contributed by atoms with Gasteiger partial charge in [-0.05, 0) is 48.5 Å². The van der Waals surface area contributed by atoms with Gasteiger partial charge in [-0.15, -0.1) is 0 Å². The van der Waals surface area contributed by atoms with Gasteiger partial charge in [-0.3, -0.25) is 14.4 Å². The Hall–Kier alpha value is -4.89. The first-order chi connectivity index (χ1) is 24.6. The van der Waals surface area contributed by atoms with Crippen LogP contribution in [0.25, 0.3) is 0 Å². The largest absolute Gasteiger partial charge is 0.464 e. The minimum Gasteiger partial charge on any atom is -0.464 e. The lowest BCUT2D eigenvalue weighted by Crippen LogP contribution is -2.55. The number of carbonyl (C=O) groups excluding carboxylic acids is 3. The minimum atomic E-state index is -1.17. The molecule has 0 spiro atoms. The van der Waals surface area contributed by atoms with Crippen LogP contribution in [-0.2, 0) is 72.6 Å². The lowest BCUT2D eigenvalue weighted by Gasteiger charge is -2.20. The summed E-state index contributed by atoms with van der Waals surface area (Å²) in [6, 6.07) is 0. The Morgan fingerprint density at radius 2 is 0.906 bits per heavy atom. The molecule has 1 unspecified atom stereocenters. The number of aliphatic hydroxyl groups excluding tert-OH is 2. The van der Waals surface area contributed by atoms with E-state index in [1.807, 2.05) is 0 Å². The molecule has 2 rings (SSSR count). The molecule has 0 saturated carbocycles. The van der Waals surface area contributed by atoms with Crippen molar-refractivity contribution < 1.29 is 43.5 Å². The van der Waals surface area contributed by atoms with Gasteiger partial charge < -0.3 is 29.2 Å². The van der Waals surface area contributed by atoms with E-state index in [0.29, 0.717) is 22.8 Å². The number of hydrogen-bond donors (Lipinski definition) is 2. The van der Waals surface area contributed by atoms with Gasteiger partial charge in [0.25, 0.3) is 0 Å². The van der Waals surface area contributed by atoms with E-state index < -0.39 is 135 Å². The third-order valence-corrected chi connectivity index (χ3v) is 7.05. The second-order valence-corrected chi connectivity index (χ2v) is 13.9. The fraction of sp³-hybridized carbons (Fsp3) is 0.719. The number of hydrogen-bond acceptors (Lipinski definition) is 15. The topological polar surface area (TPSA) is 261 Å². The molecule has 2 aromatic heterocycles. The molecule has 53 heavy (non-hydrogen) atoms. The molecule has 0 aromatic carbocycles. The summed E-state index contributed by atoms with van der Waals surface area (Å²) in [6.07, 6.45) is -2.50. The van der Waals surface area contributed by atoms with Crippen molar-refractivity contribution in [3.8, 4) is 0 Å². The molecular formula is C32H50N6O15. The van der Waals surface area contributed by atoms with Crippen molar-refractivity contribution in [1.29, 1.82) is 0 Å². The summed E-state index contributed by atoms with van der Waals surface area (Å²) in [4.78, 5) is 116. The number of nitrogens with zero attached hydrogens (tertiary/aromatic N) is 6. The molecule has 0 saturated heterocycles. The Morgan fingerprint density at radius 1 is 0.547 bits per heavy atom. The van der Waals surface area contributed by atoms with Crippen molar-refractivity contribution in [2.45, 2.75) is 124 Å². The molecule has 0 bridgehead atoms. The van der Waals surface area contributed by atoms with Crippen LogP contribution in [0.15, 0.2) is 28.8 Å². The highest BCUT2D eigenvalue weighted by Gasteiger charge is 2.22. The SMILES string of the molecule is CC(O)COC(=O)CCn1c(=O)n(CCC(=O)OCCn2c(=O)n(CCO)c(=O)n(CCOC(C)(C)C)c2=O)c(=O)n(CCC(=O)OC(C)(C)C)c1=O. The minimum absolute atomic E-state index is 0.0482. The third kappa shape index (κ3) is 13.6. The number of carbonyl (C=O) groups is 3. The lowest BCUT2D eigenvalue weighted by atomic mass is 10.2. The zero-order valence-electron chi connectivity index (χ0n) is 31.2. The zero-order chi connectivity index (χ0) is 40.3. The van der Waals surface area contributed by atoms with Crippen LogP contribution >= 0.6 is 0 Å². The summed E-state index contributed by atoms with van der Waals surface area (Å²) in [6.45, 7) is 7.25. The number of aromatic nitrogens is 6. The molecule has 2 aromatic rings. The van der Waals surface area contributed by atoms with Gasteiger partial charge in [0.1, 0.15) is 18.8 Å². The fourth-order valence-corrected chi connectivity index (χ4v) is 4.67. The van der Waals surface area contributed by atoms with Crippen LogP contribution in [0, 0.1) is 0 Å². The second-order valence-electron chi connectivity index (χ2n) is 13.9. The highest BCUT2D eigenvalue weighted by molar-refractivity contribution is 5.70. The average Bonchev–Trinajstić information content (AvgIpc) is 3.03. The van der Waals surface area contributed by atoms with E-state index >= 15 is 0 Å². The molecule has 2 N–H and O–H groups in total. The van der Waals surface area contributed by atoms with Gasteiger partial charge in [-0.2, -0.15) is 0 Å². The van der Waals surface area contributed by atoms with Crippen LogP contribution in [-0.4, -0.2) is 99.3 Å². The molecule has 21 nitrogen and oxygen atoms in total. The van der Waals surface area contributed by atoms with Crippen molar-refractivity contribution in [1.82, 2.24) is 27.4 Å². The first-order valence-electron chi connectivity index (χ1n) is 16.9. The standard InChI is InChI=1S/C32H50N6O15/c1-21(40)20-51-23(42)9-12-34-25(44)33(26(45)35(27(34)46)13-10-24(43)53-32(5,6)7)11-8-22(41)50-18-15-37-28(47)36(14-17-39)29(48)38(30(37)49)16-19-52-31(2,3)4/h21,39-40H,8-20H2,1-7H3. The Kier molecular flexibility index (Phi) is 16.1. The van der Waals surface area contributed by atoms with E-state index in [9.17, 15) is 53.4 Å². The molecular weight excluding hydrogens is 708 g/mol. The van der Waals surface area contributed by atoms with Crippen LogP contribution in [0.1, 0.15) is 67.7 Å². The monoisotopic (exact) mass is 758 g/mol. The van der Waals surface area contributed by atoms with E-state index in [-0.39, 0.29) is 19.8 Å². The van der Waals surface area contributed by atoms with Crippen molar-refractivity contribution in [2.75, 3.05) is 26.4 Å². The van der Waals surface area contributed by atoms with E-state index in [4.69, 9.17) is 18.9 Å². The van der Waals surface area contributed by atoms with E-state index in [1.54, 1.807) is 41.5 Å². The van der Waals surface area contributed by atoms with E-state index in [1.165, 1.54) is 6.92 Å². The van der Waals surface area contributed by atoms with Crippen molar-refractivity contribution in [2.24, 2.45) is 0 Å². The van der Waals surface area contributed by atoms with Crippen molar-refractivity contribution >= 4 is 17.9 Å². The summed E-state index contributed by atoms with van der Waals surface area (Å²) >= 11 is 0. The number of esters is 3. The van der Waals surface area contributed by atoms with E-state index in [2.05, 4.69) is 0 Å². The predicted octanol–water partition coefficient (Wildman–Crippen LogP) is -2.86. The quantitative estimate of drug-likeness (QED) is 0.108. The molecule has 21 heteroatoms. The number of aliphatic hydroxyl groups is 2. The molecule has 0 fully saturated rings. The molecule has 0 radical (unpaired) electrons. The Balaban J connectivity index is 2.30. The van der Waals surface area contributed by atoms with Crippen LogP contribution in [0.3, 0.4) is 0 Å². The molecule has 2 heterocycles. The van der Waals surface area contributed by atoms with Gasteiger partial charge in [-0.25, -0.2) is 56.2 Å². The first-order valence-corrected chi connectivity index (χ1v) is 16.9. The second kappa shape index (κ2) is 19.3. The predicted molar refractivity (Wildman–Crippen MR) is 185 cm³/mol. The fourth-order valence-electron chi connectivity index (χ4n) is 4.67. The summed E-state index contributed by atoms with van der Waals surface area (Å²) in [7, 11) is 0. The molecule has 0 aliphatic carbocycles. The normalized spacial score (nSPS) is 12.4. The summed E-state index contributed by atoms with van der Waals surface area (Å²) in [5, 5.41) is 18.7. The molecule has 0 aliphatic rings. The Bertz CT molecular complexity index is 1970. The maximum absolute atomic E-state index is 13.3.